The Morgan fingerprint density at radius 3 is 2.35 bits per heavy atom. The number of hydrogen-bond donors (Lipinski definition) is 0. The number of imidazole rings is 1. The lowest BCUT2D eigenvalue weighted by molar-refractivity contribution is 0.0600. The molecular formula is C20H18N2O4. The smallest absolute Gasteiger partial charge is 0.362 e. The minimum absolute atomic E-state index is 0.0667. The van der Waals surface area contributed by atoms with Gasteiger partial charge in [0.15, 0.2) is 0 Å². The van der Waals surface area contributed by atoms with Crippen molar-refractivity contribution in [1.29, 1.82) is 0 Å². The zero-order valence-electron chi connectivity index (χ0n) is 14.5. The zero-order valence-corrected chi connectivity index (χ0v) is 14.5. The summed E-state index contributed by atoms with van der Waals surface area (Å²) in [5.41, 5.74) is 1.79. The molecule has 1 atom stereocenters. The average Bonchev–Trinajstić information content (AvgIpc) is 3.18. The monoisotopic (exact) mass is 350 g/mol. The molecule has 0 N–H and O–H groups in total. The van der Waals surface area contributed by atoms with Crippen molar-refractivity contribution >= 4 is 11.9 Å². The van der Waals surface area contributed by atoms with Gasteiger partial charge in [-0.3, -0.25) is 0 Å². The second-order valence-electron chi connectivity index (χ2n) is 5.68. The van der Waals surface area contributed by atoms with Crippen LogP contribution in [0.4, 0.5) is 0 Å². The van der Waals surface area contributed by atoms with Gasteiger partial charge in [-0.05, 0) is 36.8 Å². The molecule has 2 aromatic carbocycles. The molecule has 1 heterocycles. The zero-order chi connectivity index (χ0) is 18.5. The summed E-state index contributed by atoms with van der Waals surface area (Å²) in [5.74, 6) is -0.628. The number of esters is 2. The van der Waals surface area contributed by atoms with E-state index < -0.39 is 11.9 Å². The van der Waals surface area contributed by atoms with Crippen LogP contribution in [0, 0.1) is 0 Å². The molecule has 6 nitrogen and oxygen atoms in total. The molecular weight excluding hydrogens is 332 g/mol. The normalized spacial score (nSPS) is 11.6. The third-order valence-electron chi connectivity index (χ3n) is 4.06. The first kappa shape index (κ1) is 17.4. The molecule has 1 aromatic heterocycles. The summed E-state index contributed by atoms with van der Waals surface area (Å²) >= 11 is 0. The van der Waals surface area contributed by atoms with Gasteiger partial charge in [-0.2, -0.15) is 0 Å². The summed E-state index contributed by atoms with van der Waals surface area (Å²) in [5, 5.41) is 0. The molecule has 132 valence electrons. The van der Waals surface area contributed by atoms with Crippen molar-refractivity contribution in [1.82, 2.24) is 9.55 Å². The van der Waals surface area contributed by atoms with E-state index in [1.165, 1.54) is 13.3 Å². The lowest BCUT2D eigenvalue weighted by atomic mass is 10.1. The second-order valence-corrected chi connectivity index (χ2v) is 5.68. The standard InChI is InChI=1S/C20H18N2O4/c1-14(15-6-4-3-5-7-15)22-13-21-12-18(22)20(24)26-17-10-8-16(9-11-17)19(23)25-2/h3-14H,1-2H3/t14-/m1/s1. The van der Waals surface area contributed by atoms with Crippen LogP contribution in [0.1, 0.15) is 39.4 Å². The van der Waals surface area contributed by atoms with E-state index in [0.717, 1.165) is 5.56 Å². The summed E-state index contributed by atoms with van der Waals surface area (Å²) in [6.45, 7) is 1.99. The lowest BCUT2D eigenvalue weighted by Crippen LogP contribution is -2.17. The van der Waals surface area contributed by atoms with Gasteiger partial charge in [0, 0.05) is 0 Å². The molecule has 0 aliphatic carbocycles. The number of nitrogens with zero attached hydrogens (tertiary/aromatic N) is 2. The molecule has 0 saturated carbocycles. The first-order valence-corrected chi connectivity index (χ1v) is 8.07. The number of aromatic nitrogens is 2. The third kappa shape index (κ3) is 3.64. The lowest BCUT2D eigenvalue weighted by Gasteiger charge is -2.16. The van der Waals surface area contributed by atoms with Gasteiger partial charge in [0.2, 0.25) is 0 Å². The maximum Gasteiger partial charge on any atom is 0.362 e. The molecule has 3 rings (SSSR count). The van der Waals surface area contributed by atoms with Gasteiger partial charge in [0.25, 0.3) is 0 Å². The fraction of sp³-hybridized carbons (Fsp3) is 0.150. The van der Waals surface area contributed by atoms with Crippen LogP contribution in [0.3, 0.4) is 0 Å². The predicted molar refractivity (Wildman–Crippen MR) is 95.2 cm³/mol. The Kier molecular flexibility index (Phi) is 5.12. The van der Waals surface area contributed by atoms with Crippen LogP contribution in [-0.4, -0.2) is 28.6 Å². The van der Waals surface area contributed by atoms with Gasteiger partial charge in [0.05, 0.1) is 31.2 Å². The third-order valence-corrected chi connectivity index (χ3v) is 4.06. The van der Waals surface area contributed by atoms with E-state index >= 15 is 0 Å². The van der Waals surface area contributed by atoms with E-state index in [4.69, 9.17) is 4.74 Å². The summed E-state index contributed by atoms with van der Waals surface area (Å²) in [6.07, 6.45) is 3.08. The fourth-order valence-corrected chi connectivity index (χ4v) is 2.60. The highest BCUT2D eigenvalue weighted by atomic mass is 16.5. The van der Waals surface area contributed by atoms with Gasteiger partial charge < -0.3 is 14.0 Å². The van der Waals surface area contributed by atoms with Crippen molar-refractivity contribution in [3.05, 3.63) is 83.9 Å². The summed E-state index contributed by atoms with van der Waals surface area (Å²) in [7, 11) is 1.31. The molecule has 6 heteroatoms. The first-order chi connectivity index (χ1) is 12.6. The molecule has 0 saturated heterocycles. The Hall–Kier alpha value is -3.41. The predicted octanol–water partition coefficient (Wildman–Crippen LogP) is 3.50. The molecule has 0 radical (unpaired) electrons. The van der Waals surface area contributed by atoms with E-state index in [1.54, 1.807) is 35.2 Å². The molecule has 0 bridgehead atoms. The Balaban J connectivity index is 1.77. The van der Waals surface area contributed by atoms with Crippen LogP contribution in [0.15, 0.2) is 67.1 Å². The number of carbonyl (C=O) groups excluding carboxylic acids is 2. The van der Waals surface area contributed by atoms with E-state index in [0.29, 0.717) is 17.0 Å². The van der Waals surface area contributed by atoms with Crippen molar-refractivity contribution in [3.63, 3.8) is 0 Å². The quantitative estimate of drug-likeness (QED) is 0.520. The van der Waals surface area contributed by atoms with Crippen LogP contribution in [-0.2, 0) is 4.74 Å². The number of carbonyl (C=O) groups is 2. The first-order valence-electron chi connectivity index (χ1n) is 8.07. The van der Waals surface area contributed by atoms with Gasteiger partial charge in [0.1, 0.15) is 11.4 Å². The number of rotatable bonds is 5. The average molecular weight is 350 g/mol. The van der Waals surface area contributed by atoms with Crippen LogP contribution in [0.2, 0.25) is 0 Å². The highest BCUT2D eigenvalue weighted by molar-refractivity contribution is 5.90. The van der Waals surface area contributed by atoms with E-state index in [2.05, 4.69) is 9.72 Å². The maximum absolute atomic E-state index is 12.5. The second kappa shape index (κ2) is 7.65. The topological polar surface area (TPSA) is 70.4 Å². The molecule has 26 heavy (non-hydrogen) atoms. The van der Waals surface area contributed by atoms with Crippen molar-refractivity contribution in [2.45, 2.75) is 13.0 Å². The van der Waals surface area contributed by atoms with Crippen molar-refractivity contribution < 1.29 is 19.1 Å². The summed E-state index contributed by atoms with van der Waals surface area (Å²) < 4.78 is 11.8. The molecule has 0 aliphatic heterocycles. The minimum atomic E-state index is -0.518. The summed E-state index contributed by atoms with van der Waals surface area (Å²) in [6, 6.07) is 15.9. The Morgan fingerprint density at radius 1 is 1.00 bits per heavy atom. The SMILES string of the molecule is COC(=O)c1ccc(OC(=O)c2cncn2[C@H](C)c2ccccc2)cc1. The molecule has 0 spiro atoms. The van der Waals surface area contributed by atoms with Crippen molar-refractivity contribution in [2.24, 2.45) is 0 Å². The van der Waals surface area contributed by atoms with E-state index in [1.807, 2.05) is 37.3 Å². The molecule has 0 fully saturated rings. The number of methoxy groups -OCH3 is 1. The summed E-state index contributed by atoms with van der Waals surface area (Å²) in [4.78, 5) is 28.1. The van der Waals surface area contributed by atoms with Gasteiger partial charge in [-0.1, -0.05) is 30.3 Å². The highest BCUT2D eigenvalue weighted by Crippen LogP contribution is 2.21. The van der Waals surface area contributed by atoms with Crippen molar-refractivity contribution in [2.75, 3.05) is 7.11 Å². The van der Waals surface area contributed by atoms with Gasteiger partial charge in [-0.25, -0.2) is 14.6 Å². The number of ether oxygens (including phenoxy) is 2. The molecule has 0 aliphatic rings. The Morgan fingerprint density at radius 2 is 1.69 bits per heavy atom. The highest BCUT2D eigenvalue weighted by Gasteiger charge is 2.19. The van der Waals surface area contributed by atoms with Crippen LogP contribution in [0.5, 0.6) is 5.75 Å². The van der Waals surface area contributed by atoms with Crippen LogP contribution in [0.25, 0.3) is 0 Å². The molecule has 0 unspecified atom stereocenters. The minimum Gasteiger partial charge on any atom is -0.465 e. The number of hydrogen-bond acceptors (Lipinski definition) is 5. The fourth-order valence-electron chi connectivity index (χ4n) is 2.60. The van der Waals surface area contributed by atoms with Crippen LogP contribution < -0.4 is 4.74 Å². The van der Waals surface area contributed by atoms with E-state index in [-0.39, 0.29) is 6.04 Å². The van der Waals surface area contributed by atoms with Crippen molar-refractivity contribution in [3.8, 4) is 5.75 Å². The largest absolute Gasteiger partial charge is 0.465 e. The van der Waals surface area contributed by atoms with Crippen LogP contribution >= 0.6 is 0 Å². The van der Waals surface area contributed by atoms with Gasteiger partial charge >= 0.3 is 11.9 Å². The Bertz CT molecular complexity index is 901. The Labute approximate surface area is 151 Å². The van der Waals surface area contributed by atoms with E-state index in [9.17, 15) is 9.59 Å². The molecule has 0 amide bonds. The number of benzene rings is 2. The van der Waals surface area contributed by atoms with Gasteiger partial charge in [-0.15, -0.1) is 0 Å². The molecule has 3 aromatic rings. The maximum atomic E-state index is 12.5.